The van der Waals surface area contributed by atoms with Crippen molar-refractivity contribution in [3.05, 3.63) is 47.3 Å². The summed E-state index contributed by atoms with van der Waals surface area (Å²) in [6.45, 7) is 5.82. The molecule has 0 radical (unpaired) electrons. The van der Waals surface area contributed by atoms with Crippen LogP contribution in [0.25, 0.3) is 0 Å². The van der Waals surface area contributed by atoms with Crippen molar-refractivity contribution in [2.24, 2.45) is 0 Å². The molecule has 1 atom stereocenters. The van der Waals surface area contributed by atoms with E-state index in [0.717, 1.165) is 5.56 Å². The maximum absolute atomic E-state index is 12.9. The molecule has 1 unspecified atom stereocenters. The second kappa shape index (κ2) is 6.03. The predicted octanol–water partition coefficient (Wildman–Crippen LogP) is 2.90. The Balaban J connectivity index is 2.15. The van der Waals surface area contributed by atoms with Gasteiger partial charge < -0.3 is 4.90 Å². The summed E-state index contributed by atoms with van der Waals surface area (Å²) in [5.74, 6) is 0.445. The monoisotopic (exact) mass is 290 g/mol. The first-order valence-electron chi connectivity index (χ1n) is 6.85. The number of hydrogen-bond acceptors (Lipinski definition) is 3. The molecule has 1 amide bonds. The van der Waals surface area contributed by atoms with Crippen molar-refractivity contribution in [1.82, 2.24) is 20.1 Å². The molecule has 0 aliphatic rings. The maximum Gasteiger partial charge on any atom is 0.293 e. The van der Waals surface area contributed by atoms with Gasteiger partial charge in [0.15, 0.2) is 0 Å². The van der Waals surface area contributed by atoms with Crippen LogP contribution < -0.4 is 0 Å². The summed E-state index contributed by atoms with van der Waals surface area (Å²) in [7, 11) is 1.68. The van der Waals surface area contributed by atoms with E-state index in [4.69, 9.17) is 0 Å². The molecule has 2 aromatic rings. The number of halogens is 1. The van der Waals surface area contributed by atoms with Gasteiger partial charge >= 0.3 is 0 Å². The Morgan fingerprint density at radius 1 is 1.24 bits per heavy atom. The van der Waals surface area contributed by atoms with Gasteiger partial charge in [-0.25, -0.2) is 9.37 Å². The number of carbonyl (C=O) groups excluding carboxylic acids is 1. The van der Waals surface area contributed by atoms with E-state index in [0.29, 0.717) is 5.82 Å². The largest absolute Gasteiger partial charge is 0.332 e. The van der Waals surface area contributed by atoms with Crippen molar-refractivity contribution in [3.8, 4) is 0 Å². The fourth-order valence-corrected chi connectivity index (χ4v) is 1.93. The Kier molecular flexibility index (Phi) is 4.35. The highest BCUT2D eigenvalue weighted by Gasteiger charge is 2.23. The van der Waals surface area contributed by atoms with Crippen LogP contribution in [0.15, 0.2) is 24.3 Å². The quantitative estimate of drug-likeness (QED) is 0.941. The molecule has 0 bridgehead atoms. The van der Waals surface area contributed by atoms with Crippen LogP contribution >= 0.6 is 0 Å². The van der Waals surface area contributed by atoms with Crippen molar-refractivity contribution < 1.29 is 9.18 Å². The van der Waals surface area contributed by atoms with Crippen molar-refractivity contribution >= 4 is 5.91 Å². The van der Waals surface area contributed by atoms with Crippen LogP contribution in [0.2, 0.25) is 0 Å². The van der Waals surface area contributed by atoms with Gasteiger partial charge in [0.25, 0.3) is 5.91 Å². The second-order valence-corrected chi connectivity index (χ2v) is 5.34. The van der Waals surface area contributed by atoms with E-state index in [1.54, 1.807) is 24.1 Å². The molecule has 2 rings (SSSR count). The average molecular weight is 290 g/mol. The third-order valence-electron chi connectivity index (χ3n) is 3.49. The molecule has 0 aliphatic carbocycles. The highest BCUT2D eigenvalue weighted by Crippen LogP contribution is 2.20. The number of H-pyrrole nitrogens is 1. The van der Waals surface area contributed by atoms with E-state index in [9.17, 15) is 9.18 Å². The third kappa shape index (κ3) is 3.26. The Bertz CT molecular complexity index is 621. The predicted molar refractivity (Wildman–Crippen MR) is 77.4 cm³/mol. The van der Waals surface area contributed by atoms with Gasteiger partial charge in [-0.05, 0) is 24.6 Å². The minimum atomic E-state index is -0.296. The maximum atomic E-state index is 12.9. The number of nitrogens with one attached hydrogen (secondary N) is 1. The summed E-state index contributed by atoms with van der Waals surface area (Å²) in [6, 6.07) is 5.91. The highest BCUT2D eigenvalue weighted by molar-refractivity contribution is 5.90. The smallest absolute Gasteiger partial charge is 0.293 e. The molecule has 5 nitrogen and oxygen atoms in total. The van der Waals surface area contributed by atoms with Crippen LogP contribution in [-0.4, -0.2) is 33.0 Å². The minimum Gasteiger partial charge on any atom is -0.332 e. The molecular formula is C15H19FN4O. The van der Waals surface area contributed by atoms with E-state index in [1.165, 1.54) is 12.1 Å². The fraction of sp³-hybridized carbons (Fsp3) is 0.400. The number of nitrogens with zero attached hydrogens (tertiary/aromatic N) is 3. The lowest BCUT2D eigenvalue weighted by Gasteiger charge is -2.24. The molecule has 0 aliphatic heterocycles. The summed E-state index contributed by atoms with van der Waals surface area (Å²) >= 11 is 0. The van der Waals surface area contributed by atoms with Gasteiger partial charge in [0.05, 0.1) is 6.04 Å². The molecule has 1 aromatic heterocycles. The van der Waals surface area contributed by atoms with Crippen molar-refractivity contribution in [3.63, 3.8) is 0 Å². The Labute approximate surface area is 123 Å². The van der Waals surface area contributed by atoms with Crippen molar-refractivity contribution in [2.75, 3.05) is 7.05 Å². The van der Waals surface area contributed by atoms with Crippen LogP contribution in [0.3, 0.4) is 0 Å². The second-order valence-electron chi connectivity index (χ2n) is 5.34. The molecule has 0 saturated heterocycles. The molecule has 0 spiro atoms. The van der Waals surface area contributed by atoms with Crippen LogP contribution in [-0.2, 0) is 0 Å². The zero-order valence-corrected chi connectivity index (χ0v) is 12.6. The number of hydrogen-bond donors (Lipinski definition) is 1. The number of aromatic amines is 1. The number of benzene rings is 1. The molecule has 0 fully saturated rings. The summed E-state index contributed by atoms with van der Waals surface area (Å²) in [5, 5.41) is 6.73. The number of aromatic nitrogens is 3. The van der Waals surface area contributed by atoms with Crippen LogP contribution in [0.5, 0.6) is 0 Å². The lowest BCUT2D eigenvalue weighted by molar-refractivity contribution is 0.0730. The Morgan fingerprint density at radius 3 is 2.38 bits per heavy atom. The highest BCUT2D eigenvalue weighted by atomic mass is 19.1. The van der Waals surface area contributed by atoms with Gasteiger partial charge in [0.1, 0.15) is 11.6 Å². The number of amides is 1. The van der Waals surface area contributed by atoms with E-state index < -0.39 is 0 Å². The van der Waals surface area contributed by atoms with Crippen LogP contribution in [0.4, 0.5) is 4.39 Å². The Morgan fingerprint density at radius 2 is 1.86 bits per heavy atom. The van der Waals surface area contributed by atoms with E-state index in [1.807, 2.05) is 20.8 Å². The topological polar surface area (TPSA) is 61.9 Å². The molecule has 1 heterocycles. The number of rotatable bonds is 4. The SMILES string of the molecule is CC(C)c1nc(C(=O)N(C)C(C)c2ccc(F)cc2)n[nH]1. The van der Waals surface area contributed by atoms with Crippen molar-refractivity contribution in [2.45, 2.75) is 32.7 Å². The van der Waals surface area contributed by atoms with Gasteiger partial charge in [0.2, 0.25) is 5.82 Å². The lowest BCUT2D eigenvalue weighted by Crippen LogP contribution is -2.30. The minimum absolute atomic E-state index is 0.148. The number of carbonyl (C=O) groups is 1. The standard InChI is InChI=1S/C15H19FN4O/c1-9(2)13-17-14(19-18-13)15(21)20(4)10(3)11-5-7-12(16)8-6-11/h5-10H,1-4H3,(H,17,18,19). The normalized spacial score (nSPS) is 12.5. The first-order chi connectivity index (χ1) is 9.90. The third-order valence-corrected chi connectivity index (χ3v) is 3.49. The summed E-state index contributed by atoms with van der Waals surface area (Å²) in [4.78, 5) is 18.1. The summed E-state index contributed by atoms with van der Waals surface area (Å²) < 4.78 is 12.9. The Hall–Kier alpha value is -2.24. The molecule has 1 N–H and O–H groups in total. The van der Waals surface area contributed by atoms with Crippen molar-refractivity contribution in [1.29, 1.82) is 0 Å². The molecule has 21 heavy (non-hydrogen) atoms. The van der Waals surface area contributed by atoms with Gasteiger partial charge in [-0.15, -0.1) is 5.10 Å². The molecule has 112 valence electrons. The molecule has 6 heteroatoms. The molecule has 0 saturated carbocycles. The van der Waals surface area contributed by atoms with Gasteiger partial charge in [-0.2, -0.15) is 0 Å². The first kappa shape index (κ1) is 15.2. The summed E-state index contributed by atoms with van der Waals surface area (Å²) in [5.41, 5.74) is 0.854. The summed E-state index contributed by atoms with van der Waals surface area (Å²) in [6.07, 6.45) is 0. The molecule has 1 aromatic carbocycles. The first-order valence-corrected chi connectivity index (χ1v) is 6.85. The van der Waals surface area contributed by atoms with Gasteiger partial charge in [0, 0.05) is 13.0 Å². The zero-order chi connectivity index (χ0) is 15.6. The molecular weight excluding hydrogens is 271 g/mol. The van der Waals surface area contributed by atoms with Crippen LogP contribution in [0, 0.1) is 5.82 Å². The van der Waals surface area contributed by atoms with Gasteiger partial charge in [-0.1, -0.05) is 26.0 Å². The van der Waals surface area contributed by atoms with E-state index >= 15 is 0 Å². The van der Waals surface area contributed by atoms with Crippen LogP contribution in [0.1, 0.15) is 54.7 Å². The van der Waals surface area contributed by atoms with E-state index in [-0.39, 0.29) is 29.5 Å². The van der Waals surface area contributed by atoms with Gasteiger partial charge in [-0.3, -0.25) is 9.89 Å². The van der Waals surface area contributed by atoms with E-state index in [2.05, 4.69) is 15.2 Å². The average Bonchev–Trinajstić information content (AvgIpc) is 2.96. The lowest BCUT2D eigenvalue weighted by atomic mass is 10.1. The fourth-order valence-electron chi connectivity index (χ4n) is 1.93. The zero-order valence-electron chi connectivity index (χ0n) is 12.6.